The van der Waals surface area contributed by atoms with Gasteiger partial charge in [-0.2, -0.15) is 4.57 Å². The number of hydrogen-bond acceptors (Lipinski definition) is 4. The van der Waals surface area contributed by atoms with Gasteiger partial charge in [0.1, 0.15) is 19.8 Å². The summed E-state index contributed by atoms with van der Waals surface area (Å²) in [6, 6.07) is 26.9. The van der Waals surface area contributed by atoms with E-state index in [0.717, 1.165) is 45.0 Å². The smallest absolute Gasteiger partial charge is 0.255 e. The minimum Gasteiger partial charge on any atom is -0.393 e. The standard InChI is InChI=1S/C29H26N6O/c1-34-17-14-24(15-18-34)31-21-10-12-23(13-11-21)33-29(36)20-6-8-22(9-7-20)32-27-16-19-35(2)28-25(27)4-3-5-26(28)30/h3-19H,30H2,1-2H3,(H,33,36)/p+2. The molecule has 36 heavy (non-hydrogen) atoms. The van der Waals surface area contributed by atoms with E-state index in [2.05, 4.69) is 16.0 Å². The molecule has 178 valence electrons. The zero-order chi connectivity index (χ0) is 25.1. The summed E-state index contributed by atoms with van der Waals surface area (Å²) in [7, 11) is 3.95. The number of nitrogens with zero attached hydrogens (tertiary/aromatic N) is 2. The van der Waals surface area contributed by atoms with Gasteiger partial charge in [0.2, 0.25) is 5.52 Å². The maximum atomic E-state index is 12.8. The molecule has 0 radical (unpaired) electrons. The number of pyridine rings is 2. The molecule has 2 aromatic heterocycles. The molecule has 0 aliphatic heterocycles. The highest BCUT2D eigenvalue weighted by molar-refractivity contribution is 6.04. The van der Waals surface area contributed by atoms with Crippen LogP contribution in [0.1, 0.15) is 10.4 Å². The van der Waals surface area contributed by atoms with Crippen LogP contribution in [0.2, 0.25) is 0 Å². The highest BCUT2D eigenvalue weighted by Gasteiger charge is 2.13. The van der Waals surface area contributed by atoms with E-state index in [0.29, 0.717) is 5.56 Å². The zero-order valence-corrected chi connectivity index (χ0v) is 20.2. The van der Waals surface area contributed by atoms with Crippen LogP contribution in [0.4, 0.5) is 34.1 Å². The van der Waals surface area contributed by atoms with Crippen molar-refractivity contribution in [2.24, 2.45) is 14.1 Å². The second kappa shape index (κ2) is 9.76. The number of benzene rings is 3. The fourth-order valence-corrected chi connectivity index (χ4v) is 4.08. The molecule has 0 atom stereocenters. The van der Waals surface area contributed by atoms with Gasteiger partial charge in [0.05, 0.1) is 16.8 Å². The molecule has 0 spiro atoms. The summed E-state index contributed by atoms with van der Waals surface area (Å²) in [6.07, 6.45) is 5.94. The molecule has 7 heteroatoms. The lowest BCUT2D eigenvalue weighted by Crippen LogP contribution is -2.29. The van der Waals surface area contributed by atoms with Gasteiger partial charge in [-0.1, -0.05) is 6.07 Å². The number of aromatic nitrogens is 2. The van der Waals surface area contributed by atoms with Crippen LogP contribution in [0.5, 0.6) is 0 Å². The van der Waals surface area contributed by atoms with Crippen LogP contribution in [0.25, 0.3) is 10.9 Å². The van der Waals surface area contributed by atoms with Crippen molar-refractivity contribution in [2.45, 2.75) is 0 Å². The SMILES string of the molecule is C[n+]1ccc(Nc2ccc(NC(=O)c3ccc(Nc4cc[n+](C)c5c(N)cccc45)cc3)cc2)cc1. The van der Waals surface area contributed by atoms with Gasteiger partial charge in [-0.05, 0) is 60.7 Å². The maximum absolute atomic E-state index is 12.8. The molecule has 0 saturated heterocycles. The van der Waals surface area contributed by atoms with E-state index in [1.165, 1.54) is 0 Å². The lowest BCUT2D eigenvalue weighted by atomic mass is 10.1. The number of anilines is 6. The number of fused-ring (bicyclic) bond motifs is 1. The monoisotopic (exact) mass is 476 g/mol. The van der Waals surface area contributed by atoms with Gasteiger partial charge >= 0.3 is 0 Å². The Bertz CT molecular complexity index is 1520. The topological polar surface area (TPSA) is 86.9 Å². The number of carbonyl (C=O) groups is 1. The summed E-state index contributed by atoms with van der Waals surface area (Å²) in [6.45, 7) is 0. The summed E-state index contributed by atoms with van der Waals surface area (Å²) in [5.41, 5.74) is 13.0. The average Bonchev–Trinajstić information content (AvgIpc) is 2.89. The highest BCUT2D eigenvalue weighted by Crippen LogP contribution is 2.27. The molecule has 5 N–H and O–H groups in total. The van der Waals surface area contributed by atoms with Crippen molar-refractivity contribution < 1.29 is 13.9 Å². The van der Waals surface area contributed by atoms with Gasteiger partial charge in [0.15, 0.2) is 18.6 Å². The van der Waals surface area contributed by atoms with Gasteiger partial charge in [-0.25, -0.2) is 4.57 Å². The number of amides is 1. The van der Waals surface area contributed by atoms with Crippen LogP contribution in [-0.4, -0.2) is 5.91 Å². The Balaban J connectivity index is 1.24. The largest absolute Gasteiger partial charge is 0.393 e. The van der Waals surface area contributed by atoms with Gasteiger partial charge in [-0.15, -0.1) is 0 Å². The Morgan fingerprint density at radius 3 is 2.03 bits per heavy atom. The van der Waals surface area contributed by atoms with Crippen LogP contribution in [0.15, 0.2) is 104 Å². The number of carbonyl (C=O) groups excluding carboxylic acids is 1. The number of aryl methyl sites for hydroxylation is 2. The molecule has 0 unspecified atom stereocenters. The molecule has 0 saturated carbocycles. The van der Waals surface area contributed by atoms with E-state index in [-0.39, 0.29) is 5.91 Å². The van der Waals surface area contributed by atoms with Gasteiger partial charge in [0, 0.05) is 40.8 Å². The number of rotatable bonds is 6. The Labute approximate surface area is 209 Å². The van der Waals surface area contributed by atoms with Crippen LogP contribution in [0, 0.1) is 0 Å². The molecule has 0 aliphatic rings. The summed E-state index contributed by atoms with van der Waals surface area (Å²) in [4.78, 5) is 12.8. The van der Waals surface area contributed by atoms with Crippen molar-refractivity contribution in [1.29, 1.82) is 0 Å². The predicted molar refractivity (Wildman–Crippen MR) is 145 cm³/mol. The first-order valence-electron chi connectivity index (χ1n) is 11.6. The van der Waals surface area contributed by atoms with Crippen LogP contribution in [0.3, 0.4) is 0 Å². The summed E-state index contributed by atoms with van der Waals surface area (Å²) in [5.74, 6) is -0.164. The van der Waals surface area contributed by atoms with E-state index >= 15 is 0 Å². The molecule has 5 rings (SSSR count). The fraction of sp³-hybridized carbons (Fsp3) is 0.0690. The van der Waals surface area contributed by atoms with Gasteiger partial charge in [-0.3, -0.25) is 4.79 Å². The Morgan fingerprint density at radius 2 is 1.31 bits per heavy atom. The molecular weight excluding hydrogens is 448 g/mol. The molecular formula is C29H28N6O+2. The fourth-order valence-electron chi connectivity index (χ4n) is 4.08. The highest BCUT2D eigenvalue weighted by atomic mass is 16.1. The Morgan fingerprint density at radius 1 is 0.694 bits per heavy atom. The Hall–Kier alpha value is -4.91. The Kier molecular flexibility index (Phi) is 6.19. The first kappa shape index (κ1) is 22.9. The van der Waals surface area contributed by atoms with E-state index in [1.54, 1.807) is 0 Å². The van der Waals surface area contributed by atoms with Crippen molar-refractivity contribution >= 4 is 50.9 Å². The average molecular weight is 477 g/mol. The third-order valence-electron chi connectivity index (χ3n) is 6.01. The minimum atomic E-state index is -0.164. The predicted octanol–water partition coefficient (Wildman–Crippen LogP) is 4.81. The number of nitrogens with one attached hydrogen (secondary N) is 3. The molecule has 3 aromatic carbocycles. The van der Waals surface area contributed by atoms with Crippen LogP contribution >= 0.6 is 0 Å². The molecule has 0 fully saturated rings. The number of nitrogen functional groups attached to an aromatic ring is 1. The molecule has 0 aliphatic carbocycles. The van der Waals surface area contributed by atoms with Crippen molar-refractivity contribution in [2.75, 3.05) is 21.7 Å². The van der Waals surface area contributed by atoms with Gasteiger partial charge < -0.3 is 21.7 Å². The van der Waals surface area contributed by atoms with Crippen molar-refractivity contribution in [3.05, 3.63) is 109 Å². The lowest BCUT2D eigenvalue weighted by Gasteiger charge is -2.11. The van der Waals surface area contributed by atoms with Crippen molar-refractivity contribution in [1.82, 2.24) is 0 Å². The molecule has 7 nitrogen and oxygen atoms in total. The third kappa shape index (κ3) is 4.95. The maximum Gasteiger partial charge on any atom is 0.255 e. The minimum absolute atomic E-state index is 0.164. The molecule has 1 amide bonds. The first-order chi connectivity index (χ1) is 17.5. The van der Waals surface area contributed by atoms with Crippen molar-refractivity contribution in [3.8, 4) is 0 Å². The van der Waals surface area contributed by atoms with E-state index in [9.17, 15) is 4.79 Å². The second-order valence-electron chi connectivity index (χ2n) is 8.69. The number of hydrogen-bond donors (Lipinski definition) is 4. The summed E-state index contributed by atoms with van der Waals surface area (Å²) in [5, 5.41) is 10.8. The molecule has 5 aromatic rings. The van der Waals surface area contributed by atoms with Crippen LogP contribution in [-0.2, 0) is 14.1 Å². The van der Waals surface area contributed by atoms with Crippen LogP contribution < -0.4 is 30.8 Å². The summed E-state index contributed by atoms with van der Waals surface area (Å²) >= 11 is 0. The number of nitrogens with two attached hydrogens (primary N) is 1. The van der Waals surface area contributed by atoms with E-state index < -0.39 is 0 Å². The zero-order valence-electron chi connectivity index (χ0n) is 20.2. The normalized spacial score (nSPS) is 10.7. The molecule has 0 bridgehead atoms. The number of para-hydroxylation sites is 1. The molecule has 2 heterocycles. The van der Waals surface area contributed by atoms with E-state index in [4.69, 9.17) is 5.73 Å². The quantitative estimate of drug-likeness (QED) is 0.209. The van der Waals surface area contributed by atoms with Crippen molar-refractivity contribution in [3.63, 3.8) is 0 Å². The third-order valence-corrected chi connectivity index (χ3v) is 6.01. The first-order valence-corrected chi connectivity index (χ1v) is 11.6. The van der Waals surface area contributed by atoms with Gasteiger partial charge in [0.25, 0.3) is 5.91 Å². The summed E-state index contributed by atoms with van der Waals surface area (Å²) < 4.78 is 3.99. The van der Waals surface area contributed by atoms with E-state index in [1.807, 2.05) is 127 Å². The lowest BCUT2D eigenvalue weighted by molar-refractivity contribution is -0.671. The second-order valence-corrected chi connectivity index (χ2v) is 8.69.